The van der Waals surface area contributed by atoms with Crippen LogP contribution in [0.15, 0.2) is 34.8 Å². The van der Waals surface area contributed by atoms with Crippen LogP contribution in [-0.4, -0.2) is 23.0 Å². The van der Waals surface area contributed by atoms with E-state index in [0.29, 0.717) is 16.9 Å². The van der Waals surface area contributed by atoms with Gasteiger partial charge in [0, 0.05) is 15.9 Å². The van der Waals surface area contributed by atoms with Gasteiger partial charge in [0.25, 0.3) is 5.91 Å². The zero-order chi connectivity index (χ0) is 17.9. The maximum Gasteiger partial charge on any atom is 0.342 e. The summed E-state index contributed by atoms with van der Waals surface area (Å²) >= 11 is 9.35. The van der Waals surface area contributed by atoms with Crippen LogP contribution in [0.5, 0.6) is 0 Å². The first-order valence-electron chi connectivity index (χ1n) is 7.19. The molecule has 0 aliphatic rings. The van der Waals surface area contributed by atoms with Gasteiger partial charge in [-0.05, 0) is 50.6 Å². The Bertz CT molecular complexity index is 772. The molecule has 0 radical (unpaired) electrons. The summed E-state index contributed by atoms with van der Waals surface area (Å²) in [5.41, 5.74) is 2.12. The number of esters is 1. The Morgan fingerprint density at radius 3 is 2.62 bits per heavy atom. The largest absolute Gasteiger partial charge is 0.449 e. The average molecular weight is 412 g/mol. The second kappa shape index (κ2) is 7.77. The van der Waals surface area contributed by atoms with Crippen LogP contribution in [0.25, 0.3) is 0 Å². The normalized spacial score (nSPS) is 11.7. The first kappa shape index (κ1) is 18.4. The number of halogens is 2. The molecule has 5 nitrogen and oxygen atoms in total. The molecule has 0 bridgehead atoms. The monoisotopic (exact) mass is 410 g/mol. The van der Waals surface area contributed by atoms with Crippen molar-refractivity contribution in [1.29, 1.82) is 0 Å². The van der Waals surface area contributed by atoms with Crippen LogP contribution in [0.3, 0.4) is 0 Å². The van der Waals surface area contributed by atoms with Crippen LogP contribution in [0, 0.1) is 13.8 Å². The predicted octanol–water partition coefficient (Wildman–Crippen LogP) is 4.30. The number of ether oxygens (including phenoxy) is 1. The maximum atomic E-state index is 12.3. The Balaban J connectivity index is 2.07. The van der Waals surface area contributed by atoms with Crippen molar-refractivity contribution in [3.8, 4) is 0 Å². The first-order chi connectivity index (χ1) is 11.3. The highest BCUT2D eigenvalue weighted by Crippen LogP contribution is 2.21. The number of rotatable bonds is 4. The fraction of sp³-hybridized carbons (Fsp3) is 0.235. The highest BCUT2D eigenvalue weighted by atomic mass is 79.9. The van der Waals surface area contributed by atoms with Crippen LogP contribution in [0.4, 0.5) is 5.69 Å². The molecule has 1 N–H and O–H groups in total. The van der Waals surface area contributed by atoms with Crippen LogP contribution in [0.2, 0.25) is 5.15 Å². The molecule has 0 spiro atoms. The van der Waals surface area contributed by atoms with Gasteiger partial charge >= 0.3 is 5.97 Å². The molecule has 2 aromatic rings. The predicted molar refractivity (Wildman–Crippen MR) is 96.4 cm³/mol. The van der Waals surface area contributed by atoms with Crippen molar-refractivity contribution in [2.45, 2.75) is 26.9 Å². The Morgan fingerprint density at radius 1 is 1.29 bits per heavy atom. The molecule has 0 unspecified atom stereocenters. The number of nitrogens with one attached hydrogen (secondary N) is 1. The number of pyridine rings is 1. The molecule has 7 heteroatoms. The number of hydrogen-bond donors (Lipinski definition) is 1. The van der Waals surface area contributed by atoms with Crippen LogP contribution in [0.1, 0.15) is 28.5 Å². The number of aryl methyl sites for hydroxylation is 2. The van der Waals surface area contributed by atoms with E-state index in [1.54, 1.807) is 38.1 Å². The molecule has 0 aliphatic carbocycles. The van der Waals surface area contributed by atoms with Crippen molar-refractivity contribution >= 4 is 45.1 Å². The van der Waals surface area contributed by atoms with Crippen molar-refractivity contribution in [3.63, 3.8) is 0 Å². The Labute approximate surface area is 153 Å². The highest BCUT2D eigenvalue weighted by Gasteiger charge is 2.23. The lowest BCUT2D eigenvalue weighted by Crippen LogP contribution is -2.30. The Kier molecular flexibility index (Phi) is 5.96. The molecule has 0 fully saturated rings. The van der Waals surface area contributed by atoms with Crippen LogP contribution in [-0.2, 0) is 9.53 Å². The summed E-state index contributed by atoms with van der Waals surface area (Å²) in [4.78, 5) is 28.5. The van der Waals surface area contributed by atoms with Crippen molar-refractivity contribution in [2.24, 2.45) is 0 Å². The summed E-state index contributed by atoms with van der Waals surface area (Å²) in [5, 5.41) is 2.75. The number of carbonyl (C=O) groups is 2. The molecule has 1 heterocycles. The molecular formula is C17H16BrClN2O3. The van der Waals surface area contributed by atoms with E-state index in [-0.39, 0.29) is 10.7 Å². The summed E-state index contributed by atoms with van der Waals surface area (Å²) in [6, 6.07) is 8.85. The second-order valence-corrected chi connectivity index (χ2v) is 6.57. The van der Waals surface area contributed by atoms with Crippen molar-refractivity contribution < 1.29 is 14.3 Å². The number of nitrogens with zero attached hydrogens (tertiary/aromatic N) is 1. The van der Waals surface area contributed by atoms with Gasteiger partial charge in [0.05, 0.1) is 5.56 Å². The minimum Gasteiger partial charge on any atom is -0.449 e. The summed E-state index contributed by atoms with van der Waals surface area (Å²) < 4.78 is 6.05. The molecule has 1 amide bonds. The van der Waals surface area contributed by atoms with Crippen LogP contribution < -0.4 is 5.32 Å². The van der Waals surface area contributed by atoms with E-state index >= 15 is 0 Å². The quantitative estimate of drug-likeness (QED) is 0.602. The lowest BCUT2D eigenvalue weighted by Gasteiger charge is -2.15. The summed E-state index contributed by atoms with van der Waals surface area (Å²) in [5.74, 6) is -1.11. The SMILES string of the molecule is Cc1cc(C)c(C(=O)O[C@@H](C)C(=O)Nc2cccc(Br)c2)c(Cl)n1. The fourth-order valence-corrected chi connectivity index (χ4v) is 2.88. The summed E-state index contributed by atoms with van der Waals surface area (Å²) in [6.07, 6.45) is -0.978. The van der Waals surface area contributed by atoms with E-state index in [9.17, 15) is 9.59 Å². The molecular weight excluding hydrogens is 396 g/mol. The lowest BCUT2D eigenvalue weighted by atomic mass is 10.1. The van der Waals surface area contributed by atoms with Crippen LogP contribution >= 0.6 is 27.5 Å². The molecule has 0 saturated heterocycles. The van der Waals surface area contributed by atoms with Gasteiger partial charge in [-0.25, -0.2) is 9.78 Å². The molecule has 0 saturated carbocycles. The minimum absolute atomic E-state index is 0.0668. The average Bonchev–Trinajstić information content (AvgIpc) is 2.45. The molecule has 1 aromatic carbocycles. The Hall–Kier alpha value is -1.92. The third-order valence-electron chi connectivity index (χ3n) is 3.25. The smallest absolute Gasteiger partial charge is 0.342 e. The lowest BCUT2D eigenvalue weighted by molar-refractivity contribution is -0.123. The molecule has 1 aromatic heterocycles. The van der Waals surface area contributed by atoms with Gasteiger partial charge in [0.15, 0.2) is 6.10 Å². The van der Waals surface area contributed by atoms with E-state index in [0.717, 1.165) is 4.47 Å². The molecule has 0 aliphatic heterocycles. The third-order valence-corrected chi connectivity index (χ3v) is 4.02. The van der Waals surface area contributed by atoms with Gasteiger partial charge in [-0.15, -0.1) is 0 Å². The standard InChI is InChI=1S/C17H16BrClN2O3/c1-9-7-10(2)20-15(19)14(9)17(23)24-11(3)16(22)21-13-6-4-5-12(18)8-13/h4-8,11H,1-3H3,(H,21,22)/t11-/m0/s1. The Morgan fingerprint density at radius 2 is 2.00 bits per heavy atom. The zero-order valence-electron chi connectivity index (χ0n) is 13.4. The van der Waals surface area contributed by atoms with E-state index in [1.165, 1.54) is 6.92 Å². The van der Waals surface area contributed by atoms with Gasteiger partial charge in [-0.2, -0.15) is 0 Å². The number of aromatic nitrogens is 1. The number of amides is 1. The number of carbonyl (C=O) groups excluding carboxylic acids is 2. The highest BCUT2D eigenvalue weighted by molar-refractivity contribution is 9.10. The zero-order valence-corrected chi connectivity index (χ0v) is 15.7. The maximum absolute atomic E-state index is 12.3. The summed E-state index contributed by atoms with van der Waals surface area (Å²) in [6.45, 7) is 5.02. The van der Waals surface area contributed by atoms with E-state index < -0.39 is 18.0 Å². The minimum atomic E-state index is -0.978. The fourth-order valence-electron chi connectivity index (χ4n) is 2.12. The van der Waals surface area contributed by atoms with E-state index in [4.69, 9.17) is 16.3 Å². The van der Waals surface area contributed by atoms with Gasteiger partial charge in [0.2, 0.25) is 0 Å². The van der Waals surface area contributed by atoms with Gasteiger partial charge < -0.3 is 10.1 Å². The summed E-state index contributed by atoms with van der Waals surface area (Å²) in [7, 11) is 0. The van der Waals surface area contributed by atoms with E-state index in [2.05, 4.69) is 26.2 Å². The van der Waals surface area contributed by atoms with Gasteiger partial charge in [0.1, 0.15) is 5.15 Å². The first-order valence-corrected chi connectivity index (χ1v) is 8.36. The van der Waals surface area contributed by atoms with E-state index in [1.807, 2.05) is 6.07 Å². The number of benzene rings is 1. The van der Waals surface area contributed by atoms with Crippen molar-refractivity contribution in [3.05, 3.63) is 56.8 Å². The van der Waals surface area contributed by atoms with Crippen molar-refractivity contribution in [1.82, 2.24) is 4.98 Å². The molecule has 126 valence electrons. The second-order valence-electron chi connectivity index (χ2n) is 5.29. The third kappa shape index (κ3) is 4.55. The molecule has 1 atom stereocenters. The van der Waals surface area contributed by atoms with Gasteiger partial charge in [-0.3, -0.25) is 4.79 Å². The van der Waals surface area contributed by atoms with Crippen molar-refractivity contribution in [2.75, 3.05) is 5.32 Å². The number of hydrogen-bond acceptors (Lipinski definition) is 4. The molecule has 24 heavy (non-hydrogen) atoms. The number of anilines is 1. The molecule has 2 rings (SSSR count). The topological polar surface area (TPSA) is 68.3 Å². The van der Waals surface area contributed by atoms with Gasteiger partial charge in [-0.1, -0.05) is 33.6 Å².